The van der Waals surface area contributed by atoms with E-state index < -0.39 is 9.73 Å². The highest BCUT2D eigenvalue weighted by molar-refractivity contribution is 7.93. The second-order valence-corrected chi connectivity index (χ2v) is 5.86. The highest BCUT2D eigenvalue weighted by Crippen LogP contribution is 2.25. The van der Waals surface area contributed by atoms with Crippen LogP contribution in [0.3, 0.4) is 0 Å². The Labute approximate surface area is 69.4 Å². The molecule has 0 saturated heterocycles. The Bertz CT molecular complexity index is 202. The van der Waals surface area contributed by atoms with E-state index in [1.165, 1.54) is 12.8 Å². The van der Waals surface area contributed by atoms with E-state index in [4.69, 9.17) is 4.78 Å². The predicted molar refractivity (Wildman–Crippen MR) is 48.3 cm³/mol. The van der Waals surface area contributed by atoms with Crippen LogP contribution < -0.4 is 0 Å². The van der Waals surface area contributed by atoms with E-state index in [-0.39, 0.29) is 5.25 Å². The van der Waals surface area contributed by atoms with Crippen LogP contribution in [-0.4, -0.2) is 15.2 Å². The molecular formula is C8H17NOS. The smallest absolute Gasteiger partial charge is 0.0470 e. The van der Waals surface area contributed by atoms with Gasteiger partial charge in [-0.05, 0) is 19.3 Å². The van der Waals surface area contributed by atoms with Gasteiger partial charge in [-0.1, -0.05) is 19.8 Å². The second kappa shape index (κ2) is 3.57. The summed E-state index contributed by atoms with van der Waals surface area (Å²) >= 11 is 0. The van der Waals surface area contributed by atoms with Crippen LogP contribution in [0, 0.1) is 4.78 Å². The van der Waals surface area contributed by atoms with Crippen molar-refractivity contribution >= 4 is 9.73 Å². The summed E-state index contributed by atoms with van der Waals surface area (Å²) < 4.78 is 19.3. The first-order chi connectivity index (χ1) is 5.17. The Morgan fingerprint density at radius 3 is 2.45 bits per heavy atom. The molecule has 1 saturated carbocycles. The lowest BCUT2D eigenvalue weighted by atomic mass is 10.4. The Balaban J connectivity index is 2.56. The minimum Gasteiger partial charge on any atom is -0.253 e. The fourth-order valence-corrected chi connectivity index (χ4v) is 3.77. The van der Waals surface area contributed by atoms with Crippen LogP contribution >= 0.6 is 0 Å². The first-order valence-corrected chi connectivity index (χ1v) is 6.21. The van der Waals surface area contributed by atoms with Crippen molar-refractivity contribution in [1.29, 1.82) is 4.78 Å². The maximum absolute atomic E-state index is 11.7. The zero-order valence-corrected chi connectivity index (χ0v) is 7.95. The third-order valence-corrected chi connectivity index (χ3v) is 4.91. The predicted octanol–water partition coefficient (Wildman–Crippen LogP) is 2.39. The molecule has 3 heteroatoms. The summed E-state index contributed by atoms with van der Waals surface area (Å²) in [5, 5.41) is 0.224. The zero-order chi connectivity index (χ0) is 8.32. The minimum atomic E-state index is -2.21. The van der Waals surface area contributed by atoms with Gasteiger partial charge in [0.1, 0.15) is 0 Å². The molecule has 1 atom stereocenters. The molecule has 1 N–H and O–H groups in total. The highest BCUT2D eigenvalue weighted by atomic mass is 32.2. The van der Waals surface area contributed by atoms with Gasteiger partial charge in [-0.25, -0.2) is 4.21 Å². The van der Waals surface area contributed by atoms with Gasteiger partial charge in [-0.15, -0.1) is 0 Å². The third-order valence-electron chi connectivity index (χ3n) is 2.35. The average Bonchev–Trinajstić information content (AvgIpc) is 2.37. The van der Waals surface area contributed by atoms with Crippen LogP contribution in [0.15, 0.2) is 0 Å². The van der Waals surface area contributed by atoms with Gasteiger partial charge in [0.15, 0.2) is 0 Å². The first-order valence-electron chi connectivity index (χ1n) is 4.42. The van der Waals surface area contributed by atoms with Crippen LogP contribution in [0.5, 0.6) is 0 Å². The summed E-state index contributed by atoms with van der Waals surface area (Å²) in [4.78, 5) is 0. The lowest BCUT2D eigenvalue weighted by Crippen LogP contribution is -2.18. The molecule has 0 amide bonds. The van der Waals surface area contributed by atoms with Gasteiger partial charge in [-0.3, -0.25) is 4.78 Å². The van der Waals surface area contributed by atoms with Crippen LogP contribution in [0.1, 0.15) is 39.0 Å². The lowest BCUT2D eigenvalue weighted by molar-refractivity contribution is 0.657. The molecule has 0 bridgehead atoms. The molecule has 0 radical (unpaired) electrons. The van der Waals surface area contributed by atoms with Gasteiger partial charge in [0.2, 0.25) is 0 Å². The summed E-state index contributed by atoms with van der Waals surface area (Å²) in [6, 6.07) is 0. The molecule has 0 heterocycles. The number of rotatable bonds is 3. The molecule has 0 aromatic heterocycles. The molecule has 0 aromatic carbocycles. The van der Waals surface area contributed by atoms with E-state index in [0.29, 0.717) is 5.75 Å². The minimum absolute atomic E-state index is 0.224. The lowest BCUT2D eigenvalue weighted by Gasteiger charge is -2.12. The molecule has 11 heavy (non-hydrogen) atoms. The molecule has 66 valence electrons. The number of nitrogens with one attached hydrogen (secondary N) is 1. The Morgan fingerprint density at radius 2 is 2.00 bits per heavy atom. The van der Waals surface area contributed by atoms with E-state index in [1.54, 1.807) is 0 Å². The van der Waals surface area contributed by atoms with Crippen molar-refractivity contribution in [2.75, 3.05) is 5.75 Å². The topological polar surface area (TPSA) is 40.9 Å². The summed E-state index contributed by atoms with van der Waals surface area (Å²) in [6.45, 7) is 2.00. The molecule has 0 aliphatic heterocycles. The monoisotopic (exact) mass is 175 g/mol. The standard InChI is InChI=1S/C8H17NOS/c1-2-7-11(9,10)8-5-3-4-6-8/h8-9H,2-7H2,1H3. The van der Waals surface area contributed by atoms with E-state index in [9.17, 15) is 4.21 Å². The van der Waals surface area contributed by atoms with Crippen LogP contribution in [-0.2, 0) is 9.73 Å². The van der Waals surface area contributed by atoms with Gasteiger partial charge in [0.05, 0.1) is 0 Å². The molecular weight excluding hydrogens is 158 g/mol. The van der Waals surface area contributed by atoms with Crippen molar-refractivity contribution < 1.29 is 4.21 Å². The summed E-state index contributed by atoms with van der Waals surface area (Å²) in [5.74, 6) is 0.609. The average molecular weight is 175 g/mol. The molecule has 0 aromatic rings. The SMILES string of the molecule is CCCS(=N)(=O)C1CCCC1. The van der Waals surface area contributed by atoms with E-state index in [1.807, 2.05) is 6.92 Å². The van der Waals surface area contributed by atoms with Crippen molar-refractivity contribution in [1.82, 2.24) is 0 Å². The van der Waals surface area contributed by atoms with Crippen molar-refractivity contribution in [3.63, 3.8) is 0 Å². The maximum atomic E-state index is 11.7. The molecule has 2 nitrogen and oxygen atoms in total. The molecule has 1 aliphatic rings. The number of hydrogen-bond donors (Lipinski definition) is 1. The second-order valence-electron chi connectivity index (χ2n) is 3.34. The first kappa shape index (κ1) is 9.04. The fraction of sp³-hybridized carbons (Fsp3) is 1.00. The van der Waals surface area contributed by atoms with Gasteiger partial charge in [-0.2, -0.15) is 0 Å². The van der Waals surface area contributed by atoms with E-state index >= 15 is 0 Å². The quantitative estimate of drug-likeness (QED) is 0.703. The van der Waals surface area contributed by atoms with Crippen LogP contribution in [0.2, 0.25) is 0 Å². The molecule has 1 unspecified atom stereocenters. The van der Waals surface area contributed by atoms with Gasteiger partial charge < -0.3 is 0 Å². The van der Waals surface area contributed by atoms with Crippen molar-refractivity contribution in [2.24, 2.45) is 0 Å². The van der Waals surface area contributed by atoms with Gasteiger partial charge in [0, 0.05) is 20.7 Å². The summed E-state index contributed by atoms with van der Waals surface area (Å²) in [5.41, 5.74) is 0. The largest absolute Gasteiger partial charge is 0.253 e. The van der Waals surface area contributed by atoms with Crippen molar-refractivity contribution in [3.8, 4) is 0 Å². The van der Waals surface area contributed by atoms with Crippen molar-refractivity contribution in [2.45, 2.75) is 44.3 Å². The van der Waals surface area contributed by atoms with Crippen molar-refractivity contribution in [3.05, 3.63) is 0 Å². The Morgan fingerprint density at radius 1 is 1.45 bits per heavy atom. The van der Waals surface area contributed by atoms with Gasteiger partial charge >= 0.3 is 0 Å². The van der Waals surface area contributed by atoms with Crippen LogP contribution in [0.25, 0.3) is 0 Å². The maximum Gasteiger partial charge on any atom is 0.0470 e. The van der Waals surface area contributed by atoms with E-state index in [2.05, 4.69) is 0 Å². The molecule has 0 spiro atoms. The molecule has 1 aliphatic carbocycles. The number of hydrogen-bond acceptors (Lipinski definition) is 2. The summed E-state index contributed by atoms with van der Waals surface area (Å²) in [7, 11) is -2.21. The van der Waals surface area contributed by atoms with E-state index in [0.717, 1.165) is 19.3 Å². The normalized spacial score (nSPS) is 25.2. The fourth-order valence-electron chi connectivity index (χ4n) is 1.74. The zero-order valence-electron chi connectivity index (χ0n) is 7.14. The summed E-state index contributed by atoms with van der Waals surface area (Å²) in [6.07, 6.45) is 5.32. The Kier molecular flexibility index (Phi) is 2.93. The molecule has 1 rings (SSSR count). The van der Waals surface area contributed by atoms with Crippen LogP contribution in [0.4, 0.5) is 0 Å². The highest BCUT2D eigenvalue weighted by Gasteiger charge is 2.24. The third kappa shape index (κ3) is 2.19. The molecule has 1 fully saturated rings. The van der Waals surface area contributed by atoms with Gasteiger partial charge in [0.25, 0.3) is 0 Å². The Hall–Kier alpha value is -0.0500.